The van der Waals surface area contributed by atoms with E-state index in [0.717, 1.165) is 0 Å². The Morgan fingerprint density at radius 3 is 2.62 bits per heavy atom. The smallest absolute Gasteiger partial charge is 0.238 e. The van der Waals surface area contributed by atoms with E-state index in [1.165, 1.54) is 6.26 Å². The largest absolute Gasteiger partial charge is 0.448 e. The van der Waals surface area contributed by atoms with E-state index in [1.807, 2.05) is 13.8 Å². The summed E-state index contributed by atoms with van der Waals surface area (Å²) >= 11 is 0. The molecule has 1 heterocycles. The molecular weight excluding hydrogens is 214 g/mol. The van der Waals surface area contributed by atoms with E-state index in [0.29, 0.717) is 11.6 Å². The lowest BCUT2D eigenvalue weighted by molar-refractivity contribution is 0.470. The average molecular weight is 224 g/mol. The highest BCUT2D eigenvalue weighted by Crippen LogP contribution is 2.15. The number of rotatable bonds is 3. The first-order valence-corrected chi connectivity index (χ1v) is 6.23. The van der Waals surface area contributed by atoms with Crippen LogP contribution in [0.3, 0.4) is 0 Å². The van der Waals surface area contributed by atoms with E-state index >= 15 is 0 Å². The third-order valence-electron chi connectivity index (χ3n) is 1.38. The van der Waals surface area contributed by atoms with Gasteiger partial charge in [-0.2, -0.15) is 0 Å². The van der Waals surface area contributed by atoms with Crippen LogP contribution < -0.4 is 0 Å². The van der Waals surface area contributed by atoms with E-state index in [1.54, 1.807) is 0 Å². The van der Waals surface area contributed by atoms with E-state index in [4.69, 9.17) is 15.1 Å². The molecule has 0 unspecified atom stereocenters. The van der Waals surface area contributed by atoms with Gasteiger partial charge in [-0.25, -0.2) is 13.4 Å². The predicted octanol–water partition coefficient (Wildman–Crippen LogP) is 1.87. The summed E-state index contributed by atoms with van der Waals surface area (Å²) in [5.41, 5.74) is 0.346. The van der Waals surface area contributed by atoms with Gasteiger partial charge in [0, 0.05) is 16.6 Å². The molecule has 0 saturated carbocycles. The Morgan fingerprint density at radius 2 is 2.23 bits per heavy atom. The first-order valence-electron chi connectivity index (χ1n) is 3.75. The Kier molecular flexibility index (Phi) is 2.98. The van der Waals surface area contributed by atoms with Crippen molar-refractivity contribution in [3.63, 3.8) is 0 Å². The van der Waals surface area contributed by atoms with Crippen molar-refractivity contribution in [2.24, 2.45) is 0 Å². The summed E-state index contributed by atoms with van der Waals surface area (Å²) in [6.07, 6.45) is 1.31. The summed E-state index contributed by atoms with van der Waals surface area (Å²) in [6, 6.07) is 0. The van der Waals surface area contributed by atoms with Gasteiger partial charge in [-0.3, -0.25) is 0 Å². The summed E-state index contributed by atoms with van der Waals surface area (Å²) in [6.45, 7) is 3.82. The van der Waals surface area contributed by atoms with Gasteiger partial charge in [0.25, 0.3) is 0 Å². The zero-order chi connectivity index (χ0) is 10.1. The van der Waals surface area contributed by atoms with Crippen LogP contribution >= 0.6 is 10.7 Å². The third-order valence-corrected chi connectivity index (χ3v) is 2.35. The number of hydrogen-bond acceptors (Lipinski definition) is 4. The Bertz CT molecular complexity index is 382. The van der Waals surface area contributed by atoms with E-state index in [9.17, 15) is 8.42 Å². The molecule has 1 aromatic rings. The van der Waals surface area contributed by atoms with Crippen molar-refractivity contribution in [1.29, 1.82) is 0 Å². The van der Waals surface area contributed by atoms with Gasteiger partial charge in [0.15, 0.2) is 5.89 Å². The second-order valence-electron chi connectivity index (χ2n) is 3.01. The third kappa shape index (κ3) is 3.36. The van der Waals surface area contributed by atoms with Crippen molar-refractivity contribution in [2.45, 2.75) is 25.5 Å². The molecule has 0 N–H and O–H groups in total. The van der Waals surface area contributed by atoms with Gasteiger partial charge in [-0.05, 0) is 0 Å². The maximum Gasteiger partial charge on any atom is 0.238 e. The summed E-state index contributed by atoms with van der Waals surface area (Å²) in [4.78, 5) is 3.96. The second-order valence-corrected chi connectivity index (χ2v) is 5.79. The van der Waals surface area contributed by atoms with Crippen LogP contribution in [0.5, 0.6) is 0 Å². The molecule has 0 spiro atoms. The molecule has 74 valence electrons. The topological polar surface area (TPSA) is 60.2 Å². The molecule has 1 rings (SSSR count). The highest BCUT2D eigenvalue weighted by Gasteiger charge is 2.13. The number of hydrogen-bond donors (Lipinski definition) is 0. The monoisotopic (exact) mass is 223 g/mol. The van der Waals surface area contributed by atoms with Crippen LogP contribution in [0.1, 0.15) is 31.4 Å². The average Bonchev–Trinajstić information content (AvgIpc) is 2.31. The fraction of sp³-hybridized carbons (Fsp3) is 0.571. The van der Waals surface area contributed by atoms with Crippen LogP contribution in [0.15, 0.2) is 10.7 Å². The van der Waals surface area contributed by atoms with Gasteiger partial charge in [0.2, 0.25) is 9.05 Å². The fourth-order valence-corrected chi connectivity index (χ4v) is 1.65. The number of halogens is 1. The van der Waals surface area contributed by atoms with E-state index in [-0.39, 0.29) is 11.7 Å². The Labute approximate surface area is 81.3 Å². The summed E-state index contributed by atoms with van der Waals surface area (Å²) in [5.74, 6) is 0.382. The van der Waals surface area contributed by atoms with Crippen molar-refractivity contribution in [3.8, 4) is 0 Å². The number of aromatic nitrogens is 1. The summed E-state index contributed by atoms with van der Waals surface area (Å²) < 4.78 is 26.4. The lowest BCUT2D eigenvalue weighted by Crippen LogP contribution is -1.96. The lowest BCUT2D eigenvalue weighted by Gasteiger charge is -1.94. The molecule has 0 amide bonds. The van der Waals surface area contributed by atoms with Gasteiger partial charge in [0.1, 0.15) is 12.0 Å². The van der Waals surface area contributed by atoms with Crippen molar-refractivity contribution in [2.75, 3.05) is 0 Å². The molecule has 6 heteroatoms. The molecule has 0 aliphatic rings. The Balaban J connectivity index is 2.81. The summed E-state index contributed by atoms with van der Waals surface area (Å²) in [7, 11) is 1.51. The number of nitrogens with zero attached hydrogens (tertiary/aromatic N) is 1. The highest BCUT2D eigenvalue weighted by atomic mass is 35.7. The Morgan fingerprint density at radius 1 is 1.62 bits per heavy atom. The van der Waals surface area contributed by atoms with E-state index in [2.05, 4.69) is 4.98 Å². The van der Waals surface area contributed by atoms with Crippen molar-refractivity contribution < 1.29 is 12.8 Å². The molecule has 0 fully saturated rings. The van der Waals surface area contributed by atoms with Gasteiger partial charge in [0.05, 0.1) is 5.69 Å². The highest BCUT2D eigenvalue weighted by molar-refractivity contribution is 8.13. The van der Waals surface area contributed by atoms with Gasteiger partial charge >= 0.3 is 0 Å². The lowest BCUT2D eigenvalue weighted by atomic mass is 10.2. The zero-order valence-electron chi connectivity index (χ0n) is 7.32. The molecule has 4 nitrogen and oxygen atoms in total. The minimum Gasteiger partial charge on any atom is -0.448 e. The first kappa shape index (κ1) is 10.5. The quantitative estimate of drug-likeness (QED) is 0.734. The molecule has 0 aromatic carbocycles. The predicted molar refractivity (Wildman–Crippen MR) is 49.1 cm³/mol. The van der Waals surface area contributed by atoms with Crippen LogP contribution in [0.2, 0.25) is 0 Å². The molecule has 0 radical (unpaired) electrons. The molecular formula is C7H10ClNO3S. The standard InChI is InChI=1S/C7H10ClNO3S/c1-5(2)7-9-6(3-12-7)4-13(8,10)11/h3,5H,4H2,1-2H3. The van der Waals surface area contributed by atoms with Gasteiger partial charge in [-0.1, -0.05) is 13.8 Å². The maximum absolute atomic E-state index is 10.7. The molecule has 0 bridgehead atoms. The first-order chi connectivity index (χ1) is 5.88. The van der Waals surface area contributed by atoms with Gasteiger partial charge in [-0.15, -0.1) is 0 Å². The molecule has 0 aliphatic carbocycles. The zero-order valence-corrected chi connectivity index (χ0v) is 8.89. The molecule has 0 saturated heterocycles. The van der Waals surface area contributed by atoms with Gasteiger partial charge < -0.3 is 4.42 Å². The van der Waals surface area contributed by atoms with E-state index < -0.39 is 9.05 Å². The summed E-state index contributed by atoms with van der Waals surface area (Å²) in [5, 5.41) is 0. The van der Waals surface area contributed by atoms with Crippen LogP contribution in [0.4, 0.5) is 0 Å². The SMILES string of the molecule is CC(C)c1nc(CS(=O)(=O)Cl)co1. The van der Waals surface area contributed by atoms with Crippen molar-refractivity contribution in [1.82, 2.24) is 4.98 Å². The fourth-order valence-electron chi connectivity index (χ4n) is 0.831. The molecule has 0 atom stereocenters. The van der Waals surface area contributed by atoms with Crippen LogP contribution in [-0.2, 0) is 14.8 Å². The maximum atomic E-state index is 10.7. The van der Waals surface area contributed by atoms with Crippen LogP contribution in [0.25, 0.3) is 0 Å². The number of oxazole rings is 1. The molecule has 1 aromatic heterocycles. The normalized spacial score (nSPS) is 12.3. The van der Waals surface area contributed by atoms with Crippen molar-refractivity contribution >= 4 is 19.7 Å². The molecule has 0 aliphatic heterocycles. The Hall–Kier alpha value is -0.550. The minimum atomic E-state index is -3.54. The molecule has 13 heavy (non-hydrogen) atoms. The van der Waals surface area contributed by atoms with Crippen LogP contribution in [0, 0.1) is 0 Å². The minimum absolute atomic E-state index is 0.145. The van der Waals surface area contributed by atoms with Crippen LogP contribution in [-0.4, -0.2) is 13.4 Å². The van der Waals surface area contributed by atoms with Crippen molar-refractivity contribution in [3.05, 3.63) is 17.8 Å². The second kappa shape index (κ2) is 3.67.